The molecule has 1 heterocycles. The van der Waals surface area contributed by atoms with Crippen LogP contribution >= 0.6 is 0 Å². The standard InChI is InChI=1S/C21H27N3O5/c1-6-29-21(27)20-14(3)22-13(2)19(20)17(25)11-24(4)12-18(26)23-15-7-9-16(28-5)10-8-15/h7-10,22H,6,11-12H2,1-5H3,(H,23,26)/p+1. The number of hydrogen-bond acceptors (Lipinski definition) is 5. The van der Waals surface area contributed by atoms with Gasteiger partial charge in [0.05, 0.1) is 31.9 Å². The molecule has 0 saturated carbocycles. The summed E-state index contributed by atoms with van der Waals surface area (Å²) in [6, 6.07) is 7.00. The second kappa shape index (κ2) is 9.88. The van der Waals surface area contributed by atoms with Crippen LogP contribution in [0.5, 0.6) is 5.75 Å². The lowest BCUT2D eigenvalue weighted by molar-refractivity contribution is -0.861. The van der Waals surface area contributed by atoms with Gasteiger partial charge in [-0.15, -0.1) is 0 Å². The van der Waals surface area contributed by atoms with Crippen molar-refractivity contribution < 1.29 is 28.8 Å². The predicted octanol–water partition coefficient (Wildman–Crippen LogP) is 1.15. The van der Waals surface area contributed by atoms with Crippen molar-refractivity contribution >= 4 is 23.3 Å². The van der Waals surface area contributed by atoms with E-state index in [9.17, 15) is 14.4 Å². The van der Waals surface area contributed by atoms with Crippen LogP contribution in [0.25, 0.3) is 0 Å². The van der Waals surface area contributed by atoms with Crippen LogP contribution in [0, 0.1) is 13.8 Å². The molecule has 0 aliphatic carbocycles. The Labute approximate surface area is 170 Å². The zero-order valence-electron chi connectivity index (χ0n) is 17.5. The number of H-pyrrole nitrogens is 1. The van der Waals surface area contributed by atoms with E-state index in [1.165, 1.54) is 0 Å². The van der Waals surface area contributed by atoms with Gasteiger partial charge in [-0.2, -0.15) is 0 Å². The summed E-state index contributed by atoms with van der Waals surface area (Å²) in [6.07, 6.45) is 0. The smallest absolute Gasteiger partial charge is 0.340 e. The van der Waals surface area contributed by atoms with Crippen LogP contribution in [-0.2, 0) is 9.53 Å². The third-order valence-corrected chi connectivity index (χ3v) is 4.43. The van der Waals surface area contributed by atoms with E-state index in [1.54, 1.807) is 59.2 Å². The molecule has 1 unspecified atom stereocenters. The number of quaternary nitrogens is 1. The van der Waals surface area contributed by atoms with E-state index in [0.717, 1.165) is 0 Å². The van der Waals surface area contributed by atoms with Gasteiger partial charge in [-0.05, 0) is 45.0 Å². The highest BCUT2D eigenvalue weighted by Crippen LogP contribution is 2.20. The molecule has 8 nitrogen and oxygen atoms in total. The van der Waals surface area contributed by atoms with E-state index in [0.29, 0.717) is 33.3 Å². The molecule has 0 radical (unpaired) electrons. The van der Waals surface area contributed by atoms with Crippen molar-refractivity contribution in [2.75, 3.05) is 39.2 Å². The quantitative estimate of drug-likeness (QED) is 0.431. The molecule has 3 N–H and O–H groups in total. The Hall–Kier alpha value is -3.13. The molecule has 0 aliphatic rings. The van der Waals surface area contributed by atoms with Crippen LogP contribution in [0.2, 0.25) is 0 Å². The number of ether oxygens (including phenoxy) is 2. The number of ketones is 1. The molecule has 1 aromatic heterocycles. The number of Topliss-reactive ketones (excluding diaryl/α,β-unsaturated/α-hetero) is 1. The van der Waals surface area contributed by atoms with Gasteiger partial charge in [-0.3, -0.25) is 9.59 Å². The maximum Gasteiger partial charge on any atom is 0.340 e. The number of nitrogens with one attached hydrogen (secondary N) is 3. The zero-order valence-corrected chi connectivity index (χ0v) is 17.5. The number of aromatic amines is 1. The molecule has 0 spiro atoms. The first-order valence-corrected chi connectivity index (χ1v) is 9.41. The van der Waals surface area contributed by atoms with Crippen molar-refractivity contribution in [1.29, 1.82) is 0 Å². The molecule has 2 rings (SSSR count). The number of anilines is 1. The highest BCUT2D eigenvalue weighted by molar-refractivity contribution is 6.08. The zero-order chi connectivity index (χ0) is 21.6. The van der Waals surface area contributed by atoms with Crippen LogP contribution in [0.15, 0.2) is 24.3 Å². The molecule has 0 fully saturated rings. The van der Waals surface area contributed by atoms with Gasteiger partial charge in [0.2, 0.25) is 5.78 Å². The van der Waals surface area contributed by atoms with Gasteiger partial charge >= 0.3 is 5.97 Å². The van der Waals surface area contributed by atoms with Crippen molar-refractivity contribution in [1.82, 2.24) is 4.98 Å². The maximum absolute atomic E-state index is 12.8. The number of carbonyl (C=O) groups is 3. The monoisotopic (exact) mass is 402 g/mol. The fourth-order valence-electron chi connectivity index (χ4n) is 3.17. The predicted molar refractivity (Wildman–Crippen MR) is 109 cm³/mol. The summed E-state index contributed by atoms with van der Waals surface area (Å²) in [4.78, 5) is 41.1. The number of aryl methyl sites for hydroxylation is 2. The minimum absolute atomic E-state index is 0.0700. The first-order chi connectivity index (χ1) is 13.8. The fourth-order valence-corrected chi connectivity index (χ4v) is 3.17. The molecule has 156 valence electrons. The Balaban J connectivity index is 2.01. The number of aromatic nitrogens is 1. The average Bonchev–Trinajstić information content (AvgIpc) is 2.96. The Bertz CT molecular complexity index is 886. The number of methoxy groups -OCH3 is 1. The fraction of sp³-hybridized carbons (Fsp3) is 0.381. The molecule has 29 heavy (non-hydrogen) atoms. The van der Waals surface area contributed by atoms with Gasteiger partial charge in [0, 0.05) is 17.1 Å². The highest BCUT2D eigenvalue weighted by atomic mass is 16.5. The largest absolute Gasteiger partial charge is 0.497 e. The average molecular weight is 402 g/mol. The van der Waals surface area contributed by atoms with E-state index in [-0.39, 0.29) is 37.0 Å². The Morgan fingerprint density at radius 2 is 1.66 bits per heavy atom. The Kier molecular flexibility index (Phi) is 7.55. The summed E-state index contributed by atoms with van der Waals surface area (Å²) in [7, 11) is 3.33. The summed E-state index contributed by atoms with van der Waals surface area (Å²) in [6.45, 7) is 5.60. The normalized spacial score (nSPS) is 11.6. The number of likely N-dealkylation sites (N-methyl/N-ethyl adjacent to an activating group) is 1. The van der Waals surface area contributed by atoms with Gasteiger partial charge in [0.15, 0.2) is 6.54 Å². The van der Waals surface area contributed by atoms with E-state index < -0.39 is 5.97 Å². The molecular formula is C21H28N3O5+. The van der Waals surface area contributed by atoms with E-state index in [1.807, 2.05) is 0 Å². The Morgan fingerprint density at radius 3 is 2.24 bits per heavy atom. The van der Waals surface area contributed by atoms with Gasteiger partial charge in [0.1, 0.15) is 12.3 Å². The van der Waals surface area contributed by atoms with Crippen LogP contribution in [0.4, 0.5) is 5.69 Å². The van der Waals surface area contributed by atoms with Crippen molar-refractivity contribution in [3.63, 3.8) is 0 Å². The van der Waals surface area contributed by atoms with Gasteiger partial charge in [-0.25, -0.2) is 4.79 Å². The SMILES string of the molecule is CCOC(=O)c1c(C)[nH]c(C)c1C(=O)C[NH+](C)CC(=O)Nc1ccc(OC)cc1. The van der Waals surface area contributed by atoms with Crippen molar-refractivity contribution in [3.8, 4) is 5.75 Å². The molecule has 0 saturated heterocycles. The summed E-state index contributed by atoms with van der Waals surface area (Å²) in [5, 5.41) is 2.79. The highest BCUT2D eigenvalue weighted by Gasteiger charge is 2.27. The van der Waals surface area contributed by atoms with E-state index in [4.69, 9.17) is 9.47 Å². The number of hydrogen-bond donors (Lipinski definition) is 3. The van der Waals surface area contributed by atoms with Crippen LogP contribution < -0.4 is 15.0 Å². The third kappa shape index (κ3) is 5.68. The molecule has 0 aliphatic heterocycles. The minimum Gasteiger partial charge on any atom is -0.497 e. The van der Waals surface area contributed by atoms with Crippen molar-refractivity contribution in [3.05, 3.63) is 46.8 Å². The number of benzene rings is 1. The van der Waals surface area contributed by atoms with Gasteiger partial charge in [-0.1, -0.05) is 0 Å². The molecule has 2 aromatic rings. The lowest BCUT2D eigenvalue weighted by atomic mass is 10.0. The van der Waals surface area contributed by atoms with Gasteiger partial charge in [0.25, 0.3) is 5.91 Å². The first kappa shape index (κ1) is 22.2. The molecule has 1 aromatic carbocycles. The number of carbonyl (C=O) groups excluding carboxylic acids is 3. The minimum atomic E-state index is -0.521. The second-order valence-corrected chi connectivity index (χ2v) is 6.86. The van der Waals surface area contributed by atoms with Crippen LogP contribution in [-0.4, -0.2) is 56.5 Å². The van der Waals surface area contributed by atoms with E-state index in [2.05, 4.69) is 10.3 Å². The van der Waals surface area contributed by atoms with E-state index >= 15 is 0 Å². The third-order valence-electron chi connectivity index (χ3n) is 4.43. The summed E-state index contributed by atoms with van der Waals surface area (Å²) >= 11 is 0. The Morgan fingerprint density at radius 1 is 1.03 bits per heavy atom. The van der Waals surface area contributed by atoms with Crippen LogP contribution in [0.3, 0.4) is 0 Å². The lowest BCUT2D eigenvalue weighted by Crippen LogP contribution is -3.11. The lowest BCUT2D eigenvalue weighted by Gasteiger charge is -2.14. The number of amides is 1. The topological polar surface area (TPSA) is 102 Å². The summed E-state index contributed by atoms with van der Waals surface area (Å²) < 4.78 is 10.2. The second-order valence-electron chi connectivity index (χ2n) is 6.86. The molecule has 8 heteroatoms. The molecule has 1 amide bonds. The van der Waals surface area contributed by atoms with Crippen molar-refractivity contribution in [2.45, 2.75) is 20.8 Å². The summed E-state index contributed by atoms with van der Waals surface area (Å²) in [5.41, 5.74) is 2.46. The van der Waals surface area contributed by atoms with Crippen molar-refractivity contribution in [2.24, 2.45) is 0 Å². The molecular weight excluding hydrogens is 374 g/mol. The molecule has 1 atom stereocenters. The number of rotatable bonds is 9. The van der Waals surface area contributed by atoms with Gasteiger partial charge < -0.3 is 24.7 Å². The first-order valence-electron chi connectivity index (χ1n) is 9.41. The molecule has 0 bridgehead atoms. The maximum atomic E-state index is 12.8. The van der Waals surface area contributed by atoms with Crippen LogP contribution in [0.1, 0.15) is 39.0 Å². The summed E-state index contributed by atoms with van der Waals surface area (Å²) in [5.74, 6) is -0.254. The number of esters is 1.